The minimum Gasteiger partial charge on any atom is -0.493 e. The topological polar surface area (TPSA) is 94.2 Å². The van der Waals surface area contributed by atoms with Gasteiger partial charge in [-0.05, 0) is 42.8 Å². The first kappa shape index (κ1) is 23.8. The van der Waals surface area contributed by atoms with Gasteiger partial charge < -0.3 is 19.5 Å². The summed E-state index contributed by atoms with van der Waals surface area (Å²) in [7, 11) is 3.51. The van der Waals surface area contributed by atoms with Crippen molar-refractivity contribution in [2.45, 2.75) is 17.9 Å². The zero-order chi connectivity index (χ0) is 22.6. The lowest BCUT2D eigenvalue weighted by atomic mass is 10.1. The second-order valence-corrected chi connectivity index (χ2v) is 9.11. The van der Waals surface area contributed by atoms with Gasteiger partial charge in [-0.3, -0.25) is 4.79 Å². The number of nitrogens with one attached hydrogen (secondary N) is 1. The van der Waals surface area contributed by atoms with Crippen LogP contribution in [-0.2, 0) is 10.0 Å². The number of benzene rings is 2. The van der Waals surface area contributed by atoms with Crippen LogP contribution >= 0.6 is 11.6 Å². The summed E-state index contributed by atoms with van der Waals surface area (Å²) in [6.45, 7) is 1.78. The zero-order valence-corrected chi connectivity index (χ0v) is 19.2. The first-order valence-electron chi connectivity index (χ1n) is 8.89. The fraction of sp³-hybridized carbons (Fsp3) is 0.350. The zero-order valence-electron chi connectivity index (χ0n) is 17.6. The number of carbonyl (C=O) groups excluding carboxylic acids is 1. The van der Waals surface area contributed by atoms with Gasteiger partial charge in [-0.2, -0.15) is 0 Å². The van der Waals surface area contributed by atoms with E-state index in [1.54, 1.807) is 19.1 Å². The van der Waals surface area contributed by atoms with Crippen LogP contribution in [0.25, 0.3) is 0 Å². The largest absolute Gasteiger partial charge is 0.493 e. The number of hydrogen-bond donors (Lipinski definition) is 1. The molecule has 1 N–H and O–H groups in total. The van der Waals surface area contributed by atoms with Gasteiger partial charge in [-0.15, -0.1) is 0 Å². The van der Waals surface area contributed by atoms with Gasteiger partial charge in [-0.1, -0.05) is 11.6 Å². The van der Waals surface area contributed by atoms with E-state index in [0.717, 1.165) is 4.31 Å². The maximum atomic E-state index is 12.8. The molecule has 0 fully saturated rings. The highest BCUT2D eigenvalue weighted by molar-refractivity contribution is 7.89. The molecule has 0 aliphatic rings. The molecule has 0 aliphatic heterocycles. The van der Waals surface area contributed by atoms with E-state index >= 15 is 0 Å². The lowest BCUT2D eigenvalue weighted by Gasteiger charge is -2.19. The summed E-state index contributed by atoms with van der Waals surface area (Å²) in [5, 5.41) is 2.88. The third-order valence-corrected chi connectivity index (χ3v) is 6.78. The molecule has 1 unspecified atom stereocenters. The highest BCUT2D eigenvalue weighted by Gasteiger charge is 2.23. The van der Waals surface area contributed by atoms with Crippen molar-refractivity contribution in [1.29, 1.82) is 0 Å². The molecule has 2 aromatic rings. The summed E-state index contributed by atoms with van der Waals surface area (Å²) >= 11 is 6.05. The monoisotopic (exact) mass is 456 g/mol. The summed E-state index contributed by atoms with van der Waals surface area (Å²) in [4.78, 5) is 12.6. The summed E-state index contributed by atoms with van der Waals surface area (Å²) in [6, 6.07) is 7.14. The van der Waals surface area contributed by atoms with Crippen molar-refractivity contribution in [2.75, 3.05) is 35.4 Å². The predicted octanol–water partition coefficient (Wildman–Crippen LogP) is 3.11. The van der Waals surface area contributed by atoms with E-state index in [2.05, 4.69) is 5.32 Å². The van der Waals surface area contributed by atoms with Gasteiger partial charge in [0.05, 0.1) is 32.4 Å². The molecule has 0 radical (unpaired) electrons. The molecule has 1 amide bonds. The molecule has 1 atom stereocenters. The Morgan fingerprint density at radius 3 is 2.07 bits per heavy atom. The molecular weight excluding hydrogens is 432 g/mol. The predicted molar refractivity (Wildman–Crippen MR) is 114 cm³/mol. The fourth-order valence-corrected chi connectivity index (χ4v) is 4.15. The van der Waals surface area contributed by atoms with Crippen LogP contribution in [0.2, 0.25) is 5.02 Å². The molecule has 2 rings (SSSR count). The molecule has 0 saturated carbocycles. The van der Waals surface area contributed by atoms with Crippen LogP contribution in [0.5, 0.6) is 17.2 Å². The Hall–Kier alpha value is -2.49. The number of rotatable bonds is 8. The van der Waals surface area contributed by atoms with E-state index in [-0.39, 0.29) is 15.5 Å². The second kappa shape index (κ2) is 9.55. The van der Waals surface area contributed by atoms with Crippen molar-refractivity contribution >= 4 is 27.5 Å². The standard InChI is InChI=1S/C20H25ClN2O6S/c1-12(14-9-16(27-4)19(29-6)17(10-14)28-5)22-20(24)13-7-8-15(21)18(11-13)30(25,26)23(2)3/h7-12H,1-6H3,(H,22,24). The number of halogens is 1. The maximum absolute atomic E-state index is 12.8. The van der Waals surface area contributed by atoms with E-state index in [1.807, 2.05) is 0 Å². The number of amides is 1. The van der Waals surface area contributed by atoms with Gasteiger partial charge in [0, 0.05) is 19.7 Å². The molecule has 0 spiro atoms. The van der Waals surface area contributed by atoms with Gasteiger partial charge in [0.15, 0.2) is 11.5 Å². The van der Waals surface area contributed by atoms with Gasteiger partial charge in [-0.25, -0.2) is 12.7 Å². The Morgan fingerprint density at radius 2 is 1.60 bits per heavy atom. The third-order valence-electron chi connectivity index (χ3n) is 4.49. The molecule has 0 aliphatic carbocycles. The van der Waals surface area contributed by atoms with Crippen LogP contribution in [0.4, 0.5) is 0 Å². The summed E-state index contributed by atoms with van der Waals surface area (Å²) in [5.41, 5.74) is 0.882. The average Bonchev–Trinajstić information content (AvgIpc) is 2.72. The average molecular weight is 457 g/mol. The van der Waals surface area contributed by atoms with Crippen LogP contribution in [0.3, 0.4) is 0 Å². The van der Waals surface area contributed by atoms with Crippen molar-refractivity contribution in [3.05, 3.63) is 46.5 Å². The molecule has 30 heavy (non-hydrogen) atoms. The molecule has 8 nitrogen and oxygen atoms in total. The summed E-state index contributed by atoms with van der Waals surface area (Å²) in [5.74, 6) is 0.902. The van der Waals surface area contributed by atoms with Gasteiger partial charge >= 0.3 is 0 Å². The minimum absolute atomic E-state index is 0.0397. The lowest BCUT2D eigenvalue weighted by molar-refractivity contribution is 0.0939. The van der Waals surface area contributed by atoms with Gasteiger partial charge in [0.2, 0.25) is 15.8 Å². The molecular formula is C20H25ClN2O6S. The highest BCUT2D eigenvalue weighted by atomic mass is 35.5. The van der Waals surface area contributed by atoms with Gasteiger partial charge in [0.25, 0.3) is 5.91 Å². The van der Waals surface area contributed by atoms with Crippen molar-refractivity contribution in [3.63, 3.8) is 0 Å². The number of ether oxygens (including phenoxy) is 3. The van der Waals surface area contributed by atoms with Crippen molar-refractivity contribution in [2.24, 2.45) is 0 Å². The number of methoxy groups -OCH3 is 3. The Kier molecular flexibility index (Phi) is 7.57. The number of sulfonamides is 1. The van der Waals surface area contributed by atoms with Crippen molar-refractivity contribution in [1.82, 2.24) is 9.62 Å². The Morgan fingerprint density at radius 1 is 1.03 bits per heavy atom. The second-order valence-electron chi connectivity index (χ2n) is 6.59. The van der Waals surface area contributed by atoms with E-state index in [4.69, 9.17) is 25.8 Å². The van der Waals surface area contributed by atoms with Crippen molar-refractivity contribution < 1.29 is 27.4 Å². The quantitative estimate of drug-likeness (QED) is 0.656. The molecule has 0 aromatic heterocycles. The maximum Gasteiger partial charge on any atom is 0.251 e. The minimum atomic E-state index is -3.80. The van der Waals surface area contributed by atoms with Crippen LogP contribution in [0, 0.1) is 0 Å². The highest BCUT2D eigenvalue weighted by Crippen LogP contribution is 2.39. The van der Waals surface area contributed by atoms with E-state index in [9.17, 15) is 13.2 Å². The Labute approximate surface area is 181 Å². The van der Waals surface area contributed by atoms with Crippen LogP contribution in [0.1, 0.15) is 28.9 Å². The smallest absolute Gasteiger partial charge is 0.251 e. The van der Waals surface area contributed by atoms with E-state index in [1.165, 1.54) is 53.6 Å². The van der Waals surface area contributed by atoms with Crippen LogP contribution < -0.4 is 19.5 Å². The van der Waals surface area contributed by atoms with E-state index < -0.39 is 22.0 Å². The number of hydrogen-bond acceptors (Lipinski definition) is 6. The van der Waals surface area contributed by atoms with Crippen LogP contribution in [-0.4, -0.2) is 54.1 Å². The van der Waals surface area contributed by atoms with Crippen molar-refractivity contribution in [3.8, 4) is 17.2 Å². The molecule has 164 valence electrons. The SMILES string of the molecule is COc1cc(C(C)NC(=O)c2ccc(Cl)c(S(=O)(=O)N(C)C)c2)cc(OC)c1OC. The molecule has 0 bridgehead atoms. The molecule has 10 heteroatoms. The third kappa shape index (κ3) is 4.80. The lowest BCUT2D eigenvalue weighted by Crippen LogP contribution is -2.27. The Balaban J connectivity index is 2.35. The number of carbonyl (C=O) groups is 1. The fourth-order valence-electron chi connectivity index (χ4n) is 2.75. The molecule has 2 aromatic carbocycles. The Bertz CT molecular complexity index is 1010. The van der Waals surface area contributed by atoms with Gasteiger partial charge in [0.1, 0.15) is 4.90 Å². The summed E-state index contributed by atoms with van der Waals surface area (Å²) < 4.78 is 41.9. The summed E-state index contributed by atoms with van der Waals surface area (Å²) in [6.07, 6.45) is 0. The normalized spacial score (nSPS) is 12.4. The number of nitrogens with zero attached hydrogens (tertiary/aromatic N) is 1. The van der Waals surface area contributed by atoms with E-state index in [0.29, 0.717) is 22.8 Å². The molecule has 0 heterocycles. The molecule has 0 saturated heterocycles. The first-order chi connectivity index (χ1) is 14.1. The van der Waals surface area contributed by atoms with Crippen LogP contribution in [0.15, 0.2) is 35.2 Å². The first-order valence-corrected chi connectivity index (χ1v) is 10.7.